The van der Waals surface area contributed by atoms with Crippen molar-refractivity contribution >= 4 is 35.3 Å². The number of aromatic carboxylic acids is 2. The van der Waals surface area contributed by atoms with Crippen LogP contribution in [0.5, 0.6) is 0 Å². The molecule has 0 atom stereocenters. The molecule has 0 heterocycles. The highest BCUT2D eigenvalue weighted by atomic mass is 16.6. The standard InChI is InChI=1S/C12H11NO8.C8H7NO5/c14-10(15)3-4-11(16)21-6-8-2-1-7(12(17)18)5-9(8)13(19)20;10-4-6-2-1-5(8(11)12)3-7(6)9(13)14/h1-2,5H,3-4,6H2,(H,14,15)(H,17,18);1-3,10H,4H2,(H,11,12). The molecule has 0 bridgehead atoms. The number of hydrogen-bond acceptors (Lipinski definition) is 10. The average Bonchev–Trinajstić information content (AvgIpc) is 2.80. The highest BCUT2D eigenvalue weighted by Gasteiger charge is 2.19. The van der Waals surface area contributed by atoms with Gasteiger partial charge < -0.3 is 25.2 Å². The minimum absolute atomic E-state index is 0.0219. The molecule has 0 aromatic heterocycles. The van der Waals surface area contributed by atoms with Crippen molar-refractivity contribution in [2.75, 3.05) is 0 Å². The zero-order valence-corrected chi connectivity index (χ0v) is 17.7. The summed E-state index contributed by atoms with van der Waals surface area (Å²) in [4.78, 5) is 62.5. The number of aliphatic hydroxyl groups is 1. The second-order valence-corrected chi connectivity index (χ2v) is 6.52. The van der Waals surface area contributed by atoms with Gasteiger partial charge in [0.1, 0.15) is 6.61 Å². The van der Waals surface area contributed by atoms with E-state index in [2.05, 4.69) is 0 Å². The number of hydrogen-bond donors (Lipinski definition) is 4. The highest BCUT2D eigenvalue weighted by molar-refractivity contribution is 5.89. The van der Waals surface area contributed by atoms with E-state index in [1.807, 2.05) is 0 Å². The average molecular weight is 494 g/mol. The molecule has 0 saturated carbocycles. The first-order chi connectivity index (χ1) is 16.4. The van der Waals surface area contributed by atoms with Gasteiger partial charge in [-0.2, -0.15) is 0 Å². The van der Waals surface area contributed by atoms with Crippen LogP contribution >= 0.6 is 0 Å². The zero-order valence-electron chi connectivity index (χ0n) is 17.7. The van der Waals surface area contributed by atoms with Crippen LogP contribution in [-0.2, 0) is 27.5 Å². The monoisotopic (exact) mass is 494 g/mol. The van der Waals surface area contributed by atoms with Crippen LogP contribution in [-0.4, -0.2) is 54.1 Å². The van der Waals surface area contributed by atoms with E-state index in [1.165, 1.54) is 18.2 Å². The maximum Gasteiger partial charge on any atom is 0.335 e. The van der Waals surface area contributed by atoms with Gasteiger partial charge in [0.2, 0.25) is 0 Å². The van der Waals surface area contributed by atoms with Crippen molar-refractivity contribution in [3.8, 4) is 0 Å². The number of carboxylic acids is 3. The Morgan fingerprint density at radius 1 is 0.771 bits per heavy atom. The van der Waals surface area contributed by atoms with Crippen LogP contribution in [0.4, 0.5) is 11.4 Å². The molecule has 0 aliphatic carbocycles. The van der Waals surface area contributed by atoms with Crippen LogP contribution in [0.25, 0.3) is 0 Å². The number of nitro benzene ring substituents is 2. The predicted molar refractivity (Wildman–Crippen MR) is 113 cm³/mol. The summed E-state index contributed by atoms with van der Waals surface area (Å²) < 4.78 is 4.72. The summed E-state index contributed by atoms with van der Waals surface area (Å²) in [5.74, 6) is -4.53. The lowest BCUT2D eigenvalue weighted by molar-refractivity contribution is -0.386. The van der Waals surface area contributed by atoms with Crippen LogP contribution in [0.15, 0.2) is 36.4 Å². The molecule has 0 saturated heterocycles. The molecule has 0 aliphatic heterocycles. The van der Waals surface area contributed by atoms with E-state index in [-0.39, 0.29) is 34.4 Å². The van der Waals surface area contributed by atoms with Crippen molar-refractivity contribution in [3.63, 3.8) is 0 Å². The number of carboxylic acid groups (broad SMARTS) is 3. The molecular weight excluding hydrogens is 476 g/mol. The van der Waals surface area contributed by atoms with Crippen molar-refractivity contribution in [2.24, 2.45) is 0 Å². The Balaban J connectivity index is 0.000000379. The predicted octanol–water partition coefficient (Wildman–Crippen LogP) is 1.99. The number of carbonyl (C=O) groups excluding carboxylic acids is 1. The van der Waals surface area contributed by atoms with E-state index in [0.717, 1.165) is 18.2 Å². The van der Waals surface area contributed by atoms with Crippen molar-refractivity contribution < 1.29 is 54.2 Å². The summed E-state index contributed by atoms with van der Waals surface area (Å²) >= 11 is 0. The zero-order chi connectivity index (χ0) is 26.7. The van der Waals surface area contributed by atoms with E-state index in [4.69, 9.17) is 25.2 Å². The fraction of sp³-hybridized carbons (Fsp3) is 0.200. The third-order valence-electron chi connectivity index (χ3n) is 4.16. The molecule has 15 nitrogen and oxygen atoms in total. The van der Waals surface area contributed by atoms with Gasteiger partial charge in [0.15, 0.2) is 0 Å². The van der Waals surface area contributed by atoms with E-state index in [1.54, 1.807) is 0 Å². The Labute approximate surface area is 195 Å². The Morgan fingerprint density at radius 3 is 1.63 bits per heavy atom. The van der Waals surface area contributed by atoms with Crippen LogP contribution in [0, 0.1) is 20.2 Å². The summed E-state index contributed by atoms with van der Waals surface area (Å²) in [6, 6.07) is 6.54. The van der Waals surface area contributed by atoms with Gasteiger partial charge in [-0.3, -0.25) is 29.8 Å². The first-order valence-corrected chi connectivity index (χ1v) is 9.36. The van der Waals surface area contributed by atoms with Crippen molar-refractivity contribution in [3.05, 3.63) is 78.9 Å². The van der Waals surface area contributed by atoms with Gasteiger partial charge in [-0.05, 0) is 24.3 Å². The molecule has 35 heavy (non-hydrogen) atoms. The minimum Gasteiger partial charge on any atom is -0.481 e. The molecule has 2 aromatic carbocycles. The van der Waals surface area contributed by atoms with Gasteiger partial charge in [0.05, 0.1) is 51.5 Å². The molecule has 186 valence electrons. The van der Waals surface area contributed by atoms with E-state index in [0.29, 0.717) is 0 Å². The summed E-state index contributed by atoms with van der Waals surface area (Å²) in [6.07, 6.45) is -0.755. The smallest absolute Gasteiger partial charge is 0.335 e. The van der Waals surface area contributed by atoms with E-state index >= 15 is 0 Å². The maximum atomic E-state index is 11.2. The fourth-order valence-corrected chi connectivity index (χ4v) is 2.43. The fourth-order valence-electron chi connectivity index (χ4n) is 2.43. The SMILES string of the molecule is O=C(O)CCC(=O)OCc1ccc(C(=O)O)cc1[N+](=O)[O-].O=C(O)c1ccc(CO)c([N+](=O)[O-])c1. The molecular formula is C20H18N2O13. The molecule has 0 aliphatic rings. The number of benzene rings is 2. The number of carbonyl (C=O) groups is 4. The Morgan fingerprint density at radius 2 is 1.23 bits per heavy atom. The Bertz CT molecular complexity index is 1160. The molecule has 15 heteroatoms. The normalized spacial score (nSPS) is 9.86. The van der Waals surface area contributed by atoms with Crippen molar-refractivity contribution in [2.45, 2.75) is 26.1 Å². The van der Waals surface area contributed by atoms with E-state index in [9.17, 15) is 39.4 Å². The maximum absolute atomic E-state index is 11.2. The first kappa shape index (κ1) is 28.1. The first-order valence-electron chi connectivity index (χ1n) is 9.36. The number of esters is 1. The molecule has 0 fully saturated rings. The highest BCUT2D eigenvalue weighted by Crippen LogP contribution is 2.22. The van der Waals surface area contributed by atoms with Gasteiger partial charge in [0, 0.05) is 12.1 Å². The van der Waals surface area contributed by atoms with Crippen molar-refractivity contribution in [1.29, 1.82) is 0 Å². The summed E-state index contributed by atoms with van der Waals surface area (Å²) in [5.41, 5.74) is -1.18. The van der Waals surface area contributed by atoms with Gasteiger partial charge >= 0.3 is 23.9 Å². The molecule has 0 unspecified atom stereocenters. The third-order valence-corrected chi connectivity index (χ3v) is 4.16. The second-order valence-electron chi connectivity index (χ2n) is 6.52. The lowest BCUT2D eigenvalue weighted by Gasteiger charge is -2.06. The van der Waals surface area contributed by atoms with Crippen LogP contribution in [0.1, 0.15) is 44.7 Å². The second kappa shape index (κ2) is 12.9. The van der Waals surface area contributed by atoms with Gasteiger partial charge in [-0.1, -0.05) is 0 Å². The van der Waals surface area contributed by atoms with Crippen LogP contribution in [0.2, 0.25) is 0 Å². The number of aliphatic hydroxyl groups excluding tert-OH is 1. The summed E-state index contributed by atoms with van der Waals surface area (Å²) in [5, 5.41) is 55.8. The quantitative estimate of drug-likeness (QED) is 0.210. The number of nitro groups is 2. The minimum atomic E-state index is -1.32. The Kier molecular flexibility index (Phi) is 10.4. The molecule has 0 radical (unpaired) electrons. The lowest BCUT2D eigenvalue weighted by atomic mass is 10.1. The molecule has 2 aromatic rings. The topological polar surface area (TPSA) is 245 Å². The lowest BCUT2D eigenvalue weighted by Crippen LogP contribution is -2.09. The van der Waals surface area contributed by atoms with Crippen molar-refractivity contribution in [1.82, 2.24) is 0 Å². The van der Waals surface area contributed by atoms with Gasteiger partial charge in [-0.15, -0.1) is 0 Å². The molecule has 0 spiro atoms. The van der Waals surface area contributed by atoms with Gasteiger partial charge in [-0.25, -0.2) is 9.59 Å². The molecule has 4 N–H and O–H groups in total. The Hall–Kier alpha value is -4.92. The summed E-state index contributed by atoms with van der Waals surface area (Å²) in [6.45, 7) is -0.926. The van der Waals surface area contributed by atoms with Crippen LogP contribution < -0.4 is 0 Å². The van der Waals surface area contributed by atoms with Gasteiger partial charge in [0.25, 0.3) is 11.4 Å². The number of nitrogens with zero attached hydrogens (tertiary/aromatic N) is 2. The third kappa shape index (κ3) is 8.85. The largest absolute Gasteiger partial charge is 0.481 e. The number of ether oxygens (including phenoxy) is 1. The molecule has 0 amide bonds. The van der Waals surface area contributed by atoms with Crippen LogP contribution in [0.3, 0.4) is 0 Å². The van der Waals surface area contributed by atoms with E-state index < -0.39 is 59.0 Å². The molecule has 2 rings (SSSR count). The number of aliphatic carboxylic acids is 1. The summed E-state index contributed by atoms with van der Waals surface area (Å²) in [7, 11) is 0. The number of rotatable bonds is 10.